The van der Waals surface area contributed by atoms with Crippen LogP contribution in [-0.2, 0) is 4.79 Å². The molecule has 0 N–H and O–H groups in total. The van der Waals surface area contributed by atoms with Crippen LogP contribution in [0, 0.1) is 5.41 Å². The van der Waals surface area contributed by atoms with E-state index in [1.165, 1.54) is 0 Å². The first-order valence-corrected chi connectivity index (χ1v) is 11.6. The van der Waals surface area contributed by atoms with Crippen molar-refractivity contribution in [2.24, 2.45) is 5.41 Å². The highest BCUT2D eigenvalue weighted by Gasteiger charge is 2.30. The molecule has 1 aliphatic heterocycles. The Morgan fingerprint density at radius 3 is 2.88 bits per heavy atom. The fourth-order valence-corrected chi connectivity index (χ4v) is 4.53. The average molecular weight is 447 g/mol. The van der Waals surface area contributed by atoms with E-state index in [0.717, 1.165) is 48.1 Å². The van der Waals surface area contributed by atoms with Crippen molar-refractivity contribution in [2.75, 3.05) is 13.2 Å². The molecular formula is C26H30N4O3. The minimum Gasteiger partial charge on any atom is -0.477 e. The van der Waals surface area contributed by atoms with Crippen LogP contribution in [0.4, 0.5) is 0 Å². The predicted octanol–water partition coefficient (Wildman–Crippen LogP) is 5.34. The van der Waals surface area contributed by atoms with Gasteiger partial charge in [-0.3, -0.25) is 4.79 Å². The lowest BCUT2D eigenvalue weighted by Gasteiger charge is -2.28. The van der Waals surface area contributed by atoms with E-state index in [-0.39, 0.29) is 17.4 Å². The van der Waals surface area contributed by atoms with Gasteiger partial charge in [0.1, 0.15) is 11.3 Å². The highest BCUT2D eigenvalue weighted by molar-refractivity contribution is 5.82. The Bertz CT molecular complexity index is 1250. The fraction of sp³-hybridized carbons (Fsp3) is 0.423. The maximum atomic E-state index is 12.7. The maximum absolute atomic E-state index is 12.7. The summed E-state index contributed by atoms with van der Waals surface area (Å²) in [7, 11) is 0. The summed E-state index contributed by atoms with van der Waals surface area (Å²) in [5.41, 5.74) is 2.34. The molecule has 0 unspecified atom stereocenters. The number of benzene rings is 1. The van der Waals surface area contributed by atoms with Gasteiger partial charge < -0.3 is 14.1 Å². The molecule has 1 aromatic carbocycles. The van der Waals surface area contributed by atoms with Crippen molar-refractivity contribution in [1.29, 1.82) is 0 Å². The number of carbonyl (C=O) groups excluding carboxylic acids is 1. The third kappa shape index (κ3) is 4.58. The van der Waals surface area contributed by atoms with Gasteiger partial charge in [-0.25, -0.2) is 9.50 Å². The summed E-state index contributed by atoms with van der Waals surface area (Å²) in [5.74, 6) is 1.49. The standard InChI is InChI=1S/C26H30N4O3/c1-26(2,3)16-25(31)29-13-6-8-19(29)12-14-32-24-11-10-23-27-17-20(30(23)28-24)22-15-18-7-4-5-9-21(18)33-22/h4-5,7,9-11,15,17,19H,6,8,12-14,16H2,1-3H3/t19-/m0/s1. The number of para-hydroxylation sites is 1. The van der Waals surface area contributed by atoms with E-state index in [1.54, 1.807) is 10.7 Å². The zero-order valence-electron chi connectivity index (χ0n) is 19.5. The molecule has 5 rings (SSSR count). The summed E-state index contributed by atoms with van der Waals surface area (Å²) >= 11 is 0. The summed E-state index contributed by atoms with van der Waals surface area (Å²) in [6.45, 7) is 7.68. The molecule has 0 bridgehead atoms. The lowest BCUT2D eigenvalue weighted by atomic mass is 9.91. The molecule has 1 saturated heterocycles. The molecule has 1 aliphatic rings. The number of amides is 1. The van der Waals surface area contributed by atoms with Crippen LogP contribution in [0.15, 0.2) is 53.1 Å². The van der Waals surface area contributed by atoms with Gasteiger partial charge in [-0.1, -0.05) is 39.0 Å². The number of fused-ring (bicyclic) bond motifs is 2. The maximum Gasteiger partial charge on any atom is 0.231 e. The van der Waals surface area contributed by atoms with Crippen molar-refractivity contribution in [2.45, 2.75) is 52.5 Å². The van der Waals surface area contributed by atoms with Gasteiger partial charge in [0.2, 0.25) is 11.8 Å². The minimum atomic E-state index is 0.00238. The molecule has 1 fully saturated rings. The van der Waals surface area contributed by atoms with E-state index in [4.69, 9.17) is 9.15 Å². The number of carbonyl (C=O) groups is 1. The molecular weight excluding hydrogens is 416 g/mol. The zero-order chi connectivity index (χ0) is 23.0. The smallest absolute Gasteiger partial charge is 0.231 e. The monoisotopic (exact) mass is 446 g/mol. The third-order valence-corrected chi connectivity index (χ3v) is 6.10. The molecule has 33 heavy (non-hydrogen) atoms. The molecule has 4 heterocycles. The summed E-state index contributed by atoms with van der Waals surface area (Å²) in [6.07, 6.45) is 5.23. The van der Waals surface area contributed by atoms with Crippen molar-refractivity contribution in [1.82, 2.24) is 19.5 Å². The van der Waals surface area contributed by atoms with Crippen molar-refractivity contribution < 1.29 is 13.9 Å². The van der Waals surface area contributed by atoms with Crippen LogP contribution >= 0.6 is 0 Å². The second kappa shape index (κ2) is 8.54. The molecule has 0 saturated carbocycles. The van der Waals surface area contributed by atoms with E-state index in [2.05, 4.69) is 30.9 Å². The van der Waals surface area contributed by atoms with Gasteiger partial charge in [0, 0.05) is 36.9 Å². The first kappa shape index (κ1) is 21.5. The summed E-state index contributed by atoms with van der Waals surface area (Å²) < 4.78 is 13.7. The molecule has 3 aromatic heterocycles. The Morgan fingerprint density at radius 1 is 1.21 bits per heavy atom. The largest absolute Gasteiger partial charge is 0.477 e. The number of imidazole rings is 1. The third-order valence-electron chi connectivity index (χ3n) is 6.10. The first-order chi connectivity index (χ1) is 15.9. The van der Waals surface area contributed by atoms with Gasteiger partial charge in [-0.05, 0) is 36.5 Å². The summed E-state index contributed by atoms with van der Waals surface area (Å²) in [6, 6.07) is 13.9. The molecule has 0 radical (unpaired) electrons. The van der Waals surface area contributed by atoms with Gasteiger partial charge in [-0.15, -0.1) is 5.10 Å². The number of nitrogens with zero attached hydrogens (tertiary/aromatic N) is 4. The summed E-state index contributed by atoms with van der Waals surface area (Å²) in [4.78, 5) is 19.2. The normalized spacial score (nSPS) is 16.7. The van der Waals surface area contributed by atoms with Crippen LogP contribution in [-0.4, -0.2) is 44.6 Å². The topological polar surface area (TPSA) is 72.9 Å². The van der Waals surface area contributed by atoms with Crippen molar-refractivity contribution in [3.63, 3.8) is 0 Å². The van der Waals surface area contributed by atoms with Crippen molar-refractivity contribution in [3.05, 3.63) is 48.7 Å². The van der Waals surface area contributed by atoms with E-state index in [9.17, 15) is 4.79 Å². The molecule has 0 aliphatic carbocycles. The van der Waals surface area contributed by atoms with Gasteiger partial charge in [0.15, 0.2) is 11.4 Å². The molecule has 172 valence electrons. The molecule has 7 nitrogen and oxygen atoms in total. The summed E-state index contributed by atoms with van der Waals surface area (Å²) in [5, 5.41) is 5.68. The van der Waals surface area contributed by atoms with Gasteiger partial charge >= 0.3 is 0 Å². The number of aromatic nitrogens is 3. The van der Waals surface area contributed by atoms with Crippen LogP contribution in [0.2, 0.25) is 0 Å². The van der Waals surface area contributed by atoms with Gasteiger partial charge in [0.05, 0.1) is 12.8 Å². The van der Waals surface area contributed by atoms with Crippen LogP contribution < -0.4 is 4.74 Å². The van der Waals surface area contributed by atoms with E-state index in [0.29, 0.717) is 24.7 Å². The van der Waals surface area contributed by atoms with Gasteiger partial charge in [0.25, 0.3) is 0 Å². The quantitative estimate of drug-likeness (QED) is 0.400. The number of likely N-dealkylation sites (tertiary alicyclic amines) is 1. The zero-order valence-corrected chi connectivity index (χ0v) is 19.5. The Balaban J connectivity index is 1.27. The minimum absolute atomic E-state index is 0.00238. The lowest BCUT2D eigenvalue weighted by molar-refractivity contribution is -0.134. The number of ether oxygens (including phenoxy) is 1. The molecule has 4 aromatic rings. The second-order valence-corrected chi connectivity index (χ2v) is 9.99. The number of rotatable bonds is 6. The van der Waals surface area contributed by atoms with Crippen molar-refractivity contribution in [3.8, 4) is 17.3 Å². The van der Waals surface area contributed by atoms with Crippen molar-refractivity contribution >= 4 is 22.5 Å². The SMILES string of the molecule is CC(C)(C)CC(=O)N1CCC[C@H]1CCOc1ccc2ncc(-c3cc4ccccc4o3)n2n1. The number of hydrogen-bond acceptors (Lipinski definition) is 5. The first-order valence-electron chi connectivity index (χ1n) is 11.6. The molecule has 1 atom stereocenters. The van der Waals surface area contributed by atoms with Gasteiger partial charge in [-0.2, -0.15) is 0 Å². The highest BCUT2D eigenvalue weighted by Crippen LogP contribution is 2.29. The molecule has 0 spiro atoms. The van der Waals surface area contributed by atoms with Crippen LogP contribution in [0.1, 0.15) is 46.5 Å². The Hall–Kier alpha value is -3.35. The highest BCUT2D eigenvalue weighted by atomic mass is 16.5. The lowest BCUT2D eigenvalue weighted by Crippen LogP contribution is -2.38. The Labute approximate surface area is 193 Å². The van der Waals surface area contributed by atoms with Crippen LogP contribution in [0.25, 0.3) is 28.1 Å². The number of furan rings is 1. The Morgan fingerprint density at radius 2 is 2.06 bits per heavy atom. The molecule has 7 heteroatoms. The van der Waals surface area contributed by atoms with Crippen LogP contribution in [0.5, 0.6) is 5.88 Å². The molecule has 1 amide bonds. The Kier molecular flexibility index (Phi) is 5.56. The van der Waals surface area contributed by atoms with E-state index in [1.807, 2.05) is 47.4 Å². The van der Waals surface area contributed by atoms with E-state index >= 15 is 0 Å². The fourth-order valence-electron chi connectivity index (χ4n) is 4.53. The second-order valence-electron chi connectivity index (χ2n) is 9.99. The average Bonchev–Trinajstić information content (AvgIpc) is 3.49. The predicted molar refractivity (Wildman–Crippen MR) is 127 cm³/mol. The van der Waals surface area contributed by atoms with E-state index < -0.39 is 0 Å². The van der Waals surface area contributed by atoms with Crippen LogP contribution in [0.3, 0.4) is 0 Å². The number of hydrogen-bond donors (Lipinski definition) is 0.